The van der Waals surface area contributed by atoms with E-state index in [4.69, 9.17) is 16.3 Å². The molecule has 1 atom stereocenters. The largest absolute Gasteiger partial charge is 0.464 e. The van der Waals surface area contributed by atoms with Crippen LogP contribution in [0.15, 0.2) is 54.6 Å². The molecule has 0 bridgehead atoms. The highest BCUT2D eigenvalue weighted by atomic mass is 35.5. The van der Waals surface area contributed by atoms with Crippen LogP contribution in [0.5, 0.6) is 0 Å². The maximum absolute atomic E-state index is 12.1. The topological polar surface area (TPSA) is 38.3 Å². The first-order chi connectivity index (χ1) is 9.70. The molecule has 0 spiro atoms. The highest BCUT2D eigenvalue weighted by Crippen LogP contribution is 2.22. The number of carbonyl (C=O) groups is 1. The van der Waals surface area contributed by atoms with E-state index in [0.717, 1.165) is 11.3 Å². The Labute approximate surface area is 123 Å². The van der Waals surface area contributed by atoms with Crippen LogP contribution in [0.4, 0.5) is 5.69 Å². The van der Waals surface area contributed by atoms with Crippen LogP contribution in [0.25, 0.3) is 0 Å². The van der Waals surface area contributed by atoms with Crippen molar-refractivity contribution in [3.63, 3.8) is 0 Å². The summed E-state index contributed by atoms with van der Waals surface area (Å²) in [6.45, 7) is 2.15. The molecule has 0 fully saturated rings. The minimum Gasteiger partial charge on any atom is -0.464 e. The summed E-state index contributed by atoms with van der Waals surface area (Å²) in [6.07, 6.45) is 0. The summed E-state index contributed by atoms with van der Waals surface area (Å²) < 4.78 is 5.13. The fourth-order valence-corrected chi connectivity index (χ4v) is 1.99. The zero-order valence-corrected chi connectivity index (χ0v) is 11.9. The molecule has 2 aromatic rings. The molecule has 4 heteroatoms. The van der Waals surface area contributed by atoms with Crippen LogP contribution in [0.1, 0.15) is 18.5 Å². The van der Waals surface area contributed by atoms with Crippen LogP contribution < -0.4 is 5.32 Å². The summed E-state index contributed by atoms with van der Waals surface area (Å²) in [5.74, 6) is -0.298. The van der Waals surface area contributed by atoms with E-state index in [1.165, 1.54) is 0 Å². The number of halogens is 1. The van der Waals surface area contributed by atoms with Gasteiger partial charge in [0.1, 0.15) is 0 Å². The lowest BCUT2D eigenvalue weighted by atomic mass is 10.1. The Bertz CT molecular complexity index is 554. The summed E-state index contributed by atoms with van der Waals surface area (Å²) in [5.41, 5.74) is 1.68. The molecular weight excluding hydrogens is 274 g/mol. The van der Waals surface area contributed by atoms with E-state index in [1.54, 1.807) is 19.1 Å². The van der Waals surface area contributed by atoms with E-state index in [0.29, 0.717) is 11.6 Å². The highest BCUT2D eigenvalue weighted by molar-refractivity contribution is 6.30. The van der Waals surface area contributed by atoms with Gasteiger partial charge in [0, 0.05) is 10.7 Å². The Morgan fingerprint density at radius 3 is 2.40 bits per heavy atom. The van der Waals surface area contributed by atoms with Crippen molar-refractivity contribution in [1.82, 2.24) is 0 Å². The fourth-order valence-electron chi connectivity index (χ4n) is 1.86. The number of esters is 1. The van der Waals surface area contributed by atoms with Gasteiger partial charge in [0.05, 0.1) is 6.61 Å². The van der Waals surface area contributed by atoms with Gasteiger partial charge in [-0.3, -0.25) is 0 Å². The second-order valence-electron chi connectivity index (χ2n) is 4.25. The maximum Gasteiger partial charge on any atom is 0.333 e. The Morgan fingerprint density at radius 1 is 1.15 bits per heavy atom. The van der Waals surface area contributed by atoms with Crippen molar-refractivity contribution in [3.05, 3.63) is 65.2 Å². The molecule has 3 nitrogen and oxygen atoms in total. The summed E-state index contributed by atoms with van der Waals surface area (Å²) in [6, 6.07) is 16.2. The van der Waals surface area contributed by atoms with Crippen LogP contribution in [-0.4, -0.2) is 12.6 Å². The minimum atomic E-state index is -0.530. The smallest absolute Gasteiger partial charge is 0.333 e. The zero-order chi connectivity index (χ0) is 14.4. The first-order valence-electron chi connectivity index (χ1n) is 6.44. The number of anilines is 1. The van der Waals surface area contributed by atoms with E-state index in [9.17, 15) is 4.79 Å². The normalized spacial score (nSPS) is 11.7. The van der Waals surface area contributed by atoms with Gasteiger partial charge >= 0.3 is 5.97 Å². The van der Waals surface area contributed by atoms with Crippen molar-refractivity contribution >= 4 is 23.3 Å². The van der Waals surface area contributed by atoms with E-state index >= 15 is 0 Å². The van der Waals surface area contributed by atoms with Gasteiger partial charge in [0.2, 0.25) is 0 Å². The van der Waals surface area contributed by atoms with Gasteiger partial charge in [-0.15, -0.1) is 0 Å². The molecule has 0 aliphatic rings. The van der Waals surface area contributed by atoms with E-state index < -0.39 is 6.04 Å². The van der Waals surface area contributed by atoms with Crippen LogP contribution in [-0.2, 0) is 9.53 Å². The first kappa shape index (κ1) is 14.4. The molecule has 0 saturated heterocycles. The van der Waals surface area contributed by atoms with Gasteiger partial charge in [-0.2, -0.15) is 0 Å². The summed E-state index contributed by atoms with van der Waals surface area (Å²) in [5, 5.41) is 3.83. The van der Waals surface area contributed by atoms with E-state index in [2.05, 4.69) is 5.32 Å². The zero-order valence-electron chi connectivity index (χ0n) is 11.2. The van der Waals surface area contributed by atoms with E-state index in [-0.39, 0.29) is 5.97 Å². The SMILES string of the molecule is CCOC(=O)C(Nc1ccc(Cl)cc1)c1ccccc1. The van der Waals surface area contributed by atoms with Gasteiger partial charge in [-0.1, -0.05) is 41.9 Å². The standard InChI is InChI=1S/C16H16ClNO2/c1-2-20-16(19)15(12-6-4-3-5-7-12)18-14-10-8-13(17)9-11-14/h3-11,15,18H,2H2,1H3. The first-order valence-corrected chi connectivity index (χ1v) is 6.82. The molecule has 0 amide bonds. The number of nitrogens with one attached hydrogen (secondary N) is 1. The molecule has 0 saturated carbocycles. The molecular formula is C16H16ClNO2. The van der Waals surface area contributed by atoms with E-state index in [1.807, 2.05) is 42.5 Å². The third-order valence-corrected chi connectivity index (χ3v) is 3.06. The van der Waals surface area contributed by atoms with Gasteiger partial charge < -0.3 is 10.1 Å². The van der Waals surface area contributed by atoms with Gasteiger partial charge in [-0.05, 0) is 36.8 Å². The average Bonchev–Trinajstić information content (AvgIpc) is 2.48. The Hall–Kier alpha value is -2.00. The predicted octanol–water partition coefficient (Wildman–Crippen LogP) is 4.06. The number of ether oxygens (including phenoxy) is 1. The minimum absolute atomic E-state index is 0.298. The molecule has 0 aliphatic heterocycles. The molecule has 0 aliphatic carbocycles. The van der Waals surface area contributed by atoms with Gasteiger partial charge in [0.15, 0.2) is 6.04 Å². The average molecular weight is 290 g/mol. The fraction of sp³-hybridized carbons (Fsp3) is 0.188. The van der Waals surface area contributed by atoms with Crippen LogP contribution >= 0.6 is 11.6 Å². The summed E-state index contributed by atoms with van der Waals surface area (Å²) in [7, 11) is 0. The molecule has 20 heavy (non-hydrogen) atoms. The monoisotopic (exact) mass is 289 g/mol. The van der Waals surface area contributed by atoms with Gasteiger partial charge in [0.25, 0.3) is 0 Å². The van der Waals surface area contributed by atoms with Crippen molar-refractivity contribution in [2.45, 2.75) is 13.0 Å². The molecule has 0 heterocycles. The Balaban J connectivity index is 2.23. The number of carbonyl (C=O) groups excluding carboxylic acids is 1. The molecule has 0 radical (unpaired) electrons. The van der Waals surface area contributed by atoms with Crippen molar-refractivity contribution in [3.8, 4) is 0 Å². The van der Waals surface area contributed by atoms with Crippen molar-refractivity contribution in [2.24, 2.45) is 0 Å². The van der Waals surface area contributed by atoms with Gasteiger partial charge in [-0.25, -0.2) is 4.79 Å². The molecule has 2 aromatic carbocycles. The van der Waals surface area contributed by atoms with Crippen LogP contribution in [0.2, 0.25) is 5.02 Å². The van der Waals surface area contributed by atoms with Crippen molar-refractivity contribution in [2.75, 3.05) is 11.9 Å². The lowest BCUT2D eigenvalue weighted by molar-refractivity contribution is -0.144. The lowest BCUT2D eigenvalue weighted by Gasteiger charge is -2.18. The quantitative estimate of drug-likeness (QED) is 0.844. The van der Waals surface area contributed by atoms with Crippen molar-refractivity contribution < 1.29 is 9.53 Å². The molecule has 1 N–H and O–H groups in total. The molecule has 104 valence electrons. The Kier molecular flexibility index (Phi) is 5.02. The second kappa shape index (κ2) is 6.96. The van der Waals surface area contributed by atoms with Crippen LogP contribution in [0, 0.1) is 0 Å². The molecule has 1 unspecified atom stereocenters. The number of rotatable bonds is 5. The third-order valence-electron chi connectivity index (χ3n) is 2.81. The molecule has 2 rings (SSSR count). The number of hydrogen-bond donors (Lipinski definition) is 1. The summed E-state index contributed by atoms with van der Waals surface area (Å²) >= 11 is 5.86. The second-order valence-corrected chi connectivity index (χ2v) is 4.68. The number of hydrogen-bond acceptors (Lipinski definition) is 3. The lowest BCUT2D eigenvalue weighted by Crippen LogP contribution is -2.23. The third kappa shape index (κ3) is 3.75. The highest BCUT2D eigenvalue weighted by Gasteiger charge is 2.21. The number of benzene rings is 2. The molecule has 0 aromatic heterocycles. The summed E-state index contributed by atoms with van der Waals surface area (Å²) in [4.78, 5) is 12.1. The maximum atomic E-state index is 12.1. The van der Waals surface area contributed by atoms with Crippen LogP contribution in [0.3, 0.4) is 0 Å². The van der Waals surface area contributed by atoms with Crippen molar-refractivity contribution in [1.29, 1.82) is 0 Å². The Morgan fingerprint density at radius 2 is 1.80 bits per heavy atom. The predicted molar refractivity (Wildman–Crippen MR) is 80.9 cm³/mol.